The first-order chi connectivity index (χ1) is 8.16. The molecule has 0 aliphatic heterocycles. The summed E-state index contributed by atoms with van der Waals surface area (Å²) < 4.78 is 4.93. The van der Waals surface area contributed by atoms with E-state index in [-0.39, 0.29) is 11.3 Å². The molecule has 0 atom stereocenters. The molecule has 0 amide bonds. The largest absolute Gasteiger partial charge is 0.478 e. The predicted molar refractivity (Wildman–Crippen MR) is 63.8 cm³/mol. The van der Waals surface area contributed by atoms with Gasteiger partial charge in [-0.05, 0) is 24.3 Å². The lowest BCUT2D eigenvalue weighted by Crippen LogP contribution is -2.04. The van der Waals surface area contributed by atoms with Gasteiger partial charge >= 0.3 is 5.97 Å². The van der Waals surface area contributed by atoms with Crippen LogP contribution in [0, 0.1) is 0 Å². The van der Waals surface area contributed by atoms with E-state index >= 15 is 0 Å². The van der Waals surface area contributed by atoms with Crippen LogP contribution in [0.2, 0.25) is 0 Å². The molecule has 2 aromatic rings. The minimum atomic E-state index is -1.03. The highest BCUT2D eigenvalue weighted by Crippen LogP contribution is 2.18. The minimum absolute atomic E-state index is 0.0993. The number of carboxylic acids is 1. The average Bonchev–Trinajstić information content (AvgIpc) is 2.80. The van der Waals surface area contributed by atoms with Gasteiger partial charge in [0.2, 0.25) is 0 Å². The van der Waals surface area contributed by atoms with Crippen LogP contribution in [0.3, 0.4) is 0 Å². The fraction of sp³-hybridized carbons (Fsp3) is 0.0833. The molecule has 0 fully saturated rings. The zero-order chi connectivity index (χ0) is 12.3. The summed E-state index contributed by atoms with van der Waals surface area (Å²) in [7, 11) is 0. The summed E-state index contributed by atoms with van der Waals surface area (Å²) in [6.45, 7) is 0.569. The van der Waals surface area contributed by atoms with Gasteiger partial charge in [-0.25, -0.2) is 4.79 Å². The van der Waals surface area contributed by atoms with Gasteiger partial charge in [-0.3, -0.25) is 0 Å². The smallest absolute Gasteiger partial charge is 0.337 e. The molecule has 4 N–H and O–H groups in total. The molecule has 0 aliphatic rings. The number of hydrogen-bond acceptors (Lipinski definition) is 4. The fourth-order valence-electron chi connectivity index (χ4n) is 1.45. The number of rotatable bonds is 4. The highest BCUT2D eigenvalue weighted by Gasteiger charge is 2.08. The molecule has 0 spiro atoms. The van der Waals surface area contributed by atoms with Gasteiger partial charge in [0.05, 0.1) is 18.1 Å². The van der Waals surface area contributed by atoms with Crippen LogP contribution in [-0.2, 0) is 6.54 Å². The second kappa shape index (κ2) is 4.61. The molecule has 5 heteroatoms. The van der Waals surface area contributed by atoms with E-state index in [2.05, 4.69) is 5.32 Å². The van der Waals surface area contributed by atoms with Crippen molar-refractivity contribution in [2.45, 2.75) is 6.54 Å². The average molecular weight is 232 g/mol. The van der Waals surface area contributed by atoms with E-state index < -0.39 is 5.97 Å². The monoisotopic (exact) mass is 232 g/mol. The van der Waals surface area contributed by atoms with Crippen molar-refractivity contribution >= 4 is 17.3 Å². The molecule has 2 rings (SSSR count). The van der Waals surface area contributed by atoms with E-state index in [0.29, 0.717) is 12.2 Å². The van der Waals surface area contributed by atoms with E-state index in [9.17, 15) is 4.79 Å². The highest BCUT2D eigenvalue weighted by atomic mass is 16.4. The van der Waals surface area contributed by atoms with Crippen LogP contribution in [0.5, 0.6) is 0 Å². The van der Waals surface area contributed by atoms with Gasteiger partial charge in [0.1, 0.15) is 0 Å². The van der Waals surface area contributed by atoms with Crippen LogP contribution in [0.15, 0.2) is 41.2 Å². The number of nitrogens with one attached hydrogen (secondary N) is 1. The number of hydrogen-bond donors (Lipinski definition) is 3. The molecular formula is C12H12N2O3. The van der Waals surface area contributed by atoms with Gasteiger partial charge < -0.3 is 20.6 Å². The Kier molecular flexibility index (Phi) is 3.00. The second-order valence-electron chi connectivity index (χ2n) is 3.59. The highest BCUT2D eigenvalue weighted by molar-refractivity contribution is 5.94. The van der Waals surface area contributed by atoms with Crippen molar-refractivity contribution in [2.24, 2.45) is 0 Å². The summed E-state index contributed by atoms with van der Waals surface area (Å²) in [5.74, 6) is -1.03. The molecule has 0 bridgehead atoms. The summed E-state index contributed by atoms with van der Waals surface area (Å²) in [6, 6.07) is 6.66. The third-order valence-electron chi connectivity index (χ3n) is 2.36. The lowest BCUT2D eigenvalue weighted by molar-refractivity contribution is 0.0698. The fourth-order valence-corrected chi connectivity index (χ4v) is 1.45. The van der Waals surface area contributed by atoms with Gasteiger partial charge in [-0.15, -0.1) is 0 Å². The Morgan fingerprint density at radius 2 is 2.24 bits per heavy atom. The number of carbonyl (C=O) groups is 1. The second-order valence-corrected chi connectivity index (χ2v) is 3.59. The van der Waals surface area contributed by atoms with Crippen molar-refractivity contribution in [3.8, 4) is 0 Å². The number of furan rings is 1. The number of carboxylic acid groups (broad SMARTS) is 1. The molecule has 0 radical (unpaired) electrons. The van der Waals surface area contributed by atoms with Crippen molar-refractivity contribution in [2.75, 3.05) is 11.1 Å². The Morgan fingerprint density at radius 1 is 1.41 bits per heavy atom. The lowest BCUT2D eigenvalue weighted by atomic mass is 10.1. The van der Waals surface area contributed by atoms with E-state index in [1.54, 1.807) is 24.7 Å². The van der Waals surface area contributed by atoms with Gasteiger partial charge in [0.25, 0.3) is 0 Å². The number of nitrogen functional groups attached to an aromatic ring is 1. The summed E-state index contributed by atoms with van der Waals surface area (Å²) in [4.78, 5) is 10.9. The summed E-state index contributed by atoms with van der Waals surface area (Å²) in [5.41, 5.74) is 7.60. The summed E-state index contributed by atoms with van der Waals surface area (Å²) in [6.07, 6.45) is 3.21. The van der Waals surface area contributed by atoms with Gasteiger partial charge in [0, 0.05) is 23.5 Å². The van der Waals surface area contributed by atoms with Gasteiger partial charge in [0.15, 0.2) is 0 Å². The Morgan fingerprint density at radius 3 is 2.88 bits per heavy atom. The first kappa shape index (κ1) is 11.1. The van der Waals surface area contributed by atoms with Crippen molar-refractivity contribution in [1.82, 2.24) is 0 Å². The van der Waals surface area contributed by atoms with Crippen molar-refractivity contribution in [3.63, 3.8) is 0 Å². The van der Waals surface area contributed by atoms with E-state index in [1.807, 2.05) is 6.07 Å². The number of nitrogens with two attached hydrogens (primary N) is 1. The molecule has 1 aromatic carbocycles. The molecule has 0 saturated heterocycles. The number of benzene rings is 1. The summed E-state index contributed by atoms with van der Waals surface area (Å²) >= 11 is 0. The lowest BCUT2D eigenvalue weighted by Gasteiger charge is -2.07. The van der Waals surface area contributed by atoms with Crippen LogP contribution in [-0.4, -0.2) is 11.1 Å². The molecule has 1 aromatic heterocycles. The quantitative estimate of drug-likeness (QED) is 0.703. The van der Waals surface area contributed by atoms with Crippen LogP contribution < -0.4 is 11.1 Å². The van der Waals surface area contributed by atoms with Gasteiger partial charge in [-0.2, -0.15) is 0 Å². The van der Waals surface area contributed by atoms with Crippen LogP contribution >= 0.6 is 0 Å². The molecule has 1 heterocycles. The van der Waals surface area contributed by atoms with Crippen molar-refractivity contribution < 1.29 is 14.3 Å². The predicted octanol–water partition coefficient (Wildman–Crippen LogP) is 2.17. The maximum atomic E-state index is 10.9. The zero-order valence-corrected chi connectivity index (χ0v) is 9.01. The van der Waals surface area contributed by atoms with Crippen LogP contribution in [0.4, 0.5) is 11.4 Å². The van der Waals surface area contributed by atoms with Crippen LogP contribution in [0.1, 0.15) is 15.9 Å². The van der Waals surface area contributed by atoms with E-state index in [4.69, 9.17) is 15.3 Å². The van der Waals surface area contributed by atoms with E-state index in [0.717, 1.165) is 5.56 Å². The van der Waals surface area contributed by atoms with Crippen LogP contribution in [0.25, 0.3) is 0 Å². The third-order valence-corrected chi connectivity index (χ3v) is 2.36. The maximum Gasteiger partial charge on any atom is 0.337 e. The Balaban J connectivity index is 2.11. The number of anilines is 2. The van der Waals surface area contributed by atoms with E-state index in [1.165, 1.54) is 6.07 Å². The molecule has 17 heavy (non-hydrogen) atoms. The summed E-state index contributed by atoms with van der Waals surface area (Å²) in [5, 5.41) is 12.0. The Hall–Kier alpha value is -2.43. The maximum absolute atomic E-state index is 10.9. The van der Waals surface area contributed by atoms with Gasteiger partial charge in [-0.1, -0.05) is 0 Å². The van der Waals surface area contributed by atoms with Crippen molar-refractivity contribution in [3.05, 3.63) is 47.9 Å². The molecule has 88 valence electrons. The van der Waals surface area contributed by atoms with Crippen molar-refractivity contribution in [1.29, 1.82) is 0 Å². The SMILES string of the molecule is Nc1ccc(NCc2ccoc2)cc1C(=O)O. The minimum Gasteiger partial charge on any atom is -0.478 e. The number of aromatic carboxylic acids is 1. The third kappa shape index (κ3) is 2.57. The molecular weight excluding hydrogens is 220 g/mol. The molecule has 0 unspecified atom stereocenters. The molecule has 5 nitrogen and oxygen atoms in total. The normalized spacial score (nSPS) is 10.1. The zero-order valence-electron chi connectivity index (χ0n) is 9.01. The molecule has 0 saturated carbocycles. The molecule has 0 aliphatic carbocycles. The first-order valence-electron chi connectivity index (χ1n) is 5.04. The Labute approximate surface area is 97.9 Å². The topological polar surface area (TPSA) is 88.5 Å². The first-order valence-corrected chi connectivity index (χ1v) is 5.04. The standard InChI is InChI=1S/C12H12N2O3/c13-11-2-1-9(5-10(11)12(15)16)14-6-8-3-4-17-7-8/h1-5,7,14H,6,13H2,(H,15,16). The Bertz CT molecular complexity index is 521.